The second kappa shape index (κ2) is 11.0. The van der Waals surface area contributed by atoms with Crippen molar-refractivity contribution in [2.45, 2.75) is 13.5 Å². The van der Waals surface area contributed by atoms with E-state index < -0.39 is 10.5 Å². The number of fused-ring (bicyclic) bond motifs is 2. The zero-order valence-corrected chi connectivity index (χ0v) is 22.7. The van der Waals surface area contributed by atoms with E-state index in [0.717, 1.165) is 15.8 Å². The van der Waals surface area contributed by atoms with E-state index in [1.54, 1.807) is 61.7 Å². The lowest BCUT2D eigenvalue weighted by Crippen LogP contribution is -2.20. The van der Waals surface area contributed by atoms with Crippen LogP contribution in [0.1, 0.15) is 16.7 Å². The molecule has 0 amide bonds. The highest BCUT2D eigenvalue weighted by molar-refractivity contribution is 5.89. The fourth-order valence-electron chi connectivity index (χ4n) is 4.62. The number of rotatable bonds is 8. The first-order valence-corrected chi connectivity index (χ1v) is 13.0. The molecule has 0 saturated heterocycles. The highest BCUT2D eigenvalue weighted by Crippen LogP contribution is 2.34. The Morgan fingerprint density at radius 3 is 2.57 bits per heavy atom. The van der Waals surface area contributed by atoms with E-state index in [4.69, 9.17) is 18.9 Å². The third-order valence-corrected chi connectivity index (χ3v) is 6.75. The second-order valence-corrected chi connectivity index (χ2v) is 9.52. The van der Waals surface area contributed by atoms with Crippen LogP contribution in [-0.4, -0.2) is 27.9 Å². The summed E-state index contributed by atoms with van der Waals surface area (Å²) in [5, 5.41) is 17.4. The van der Waals surface area contributed by atoms with Crippen LogP contribution in [0.2, 0.25) is 0 Å². The van der Waals surface area contributed by atoms with E-state index >= 15 is 0 Å². The predicted octanol–water partition coefficient (Wildman–Crippen LogP) is 6.50. The predicted molar refractivity (Wildman–Crippen MR) is 159 cm³/mol. The standard InChI is InChI=1S/C32H24N4O6/c1-20-13-15-21(16-14-20)19-41-30-22(7-5-10-26(30)36(38)39)18-33-35-31(34-25-9-4-3-8-23(25)32(35)37)29-17-24-27(40-2)11-6-12-28(24)42-29/h3-18H,19H2,1-2H3. The number of nitro groups is 1. The largest absolute Gasteiger partial charge is 0.496 e. The zero-order chi connectivity index (χ0) is 29.2. The summed E-state index contributed by atoms with van der Waals surface area (Å²) in [7, 11) is 1.56. The number of methoxy groups -OCH3 is 1. The summed E-state index contributed by atoms with van der Waals surface area (Å²) >= 11 is 0. The third kappa shape index (κ3) is 4.97. The quantitative estimate of drug-likeness (QED) is 0.118. The monoisotopic (exact) mass is 560 g/mol. The summed E-state index contributed by atoms with van der Waals surface area (Å²) < 4.78 is 18.6. The van der Waals surface area contributed by atoms with Crippen molar-refractivity contribution in [3.05, 3.63) is 128 Å². The van der Waals surface area contributed by atoms with E-state index in [-0.39, 0.29) is 23.9 Å². The number of aromatic nitrogens is 2. The van der Waals surface area contributed by atoms with E-state index in [1.807, 2.05) is 31.2 Å². The molecule has 0 saturated carbocycles. The van der Waals surface area contributed by atoms with E-state index in [2.05, 4.69) is 5.10 Å². The molecule has 0 atom stereocenters. The minimum absolute atomic E-state index is 0.0312. The van der Waals surface area contributed by atoms with Gasteiger partial charge >= 0.3 is 5.69 Å². The molecule has 2 aromatic heterocycles. The van der Waals surface area contributed by atoms with Crippen molar-refractivity contribution in [3.63, 3.8) is 0 Å². The molecule has 2 heterocycles. The van der Waals surface area contributed by atoms with Gasteiger partial charge in [-0.15, -0.1) is 0 Å². The van der Waals surface area contributed by atoms with E-state index in [1.165, 1.54) is 18.3 Å². The van der Waals surface area contributed by atoms with Gasteiger partial charge in [-0.2, -0.15) is 9.78 Å². The molecule has 6 rings (SSSR count). The first-order valence-electron chi connectivity index (χ1n) is 13.0. The van der Waals surface area contributed by atoms with Crippen molar-refractivity contribution in [1.29, 1.82) is 0 Å². The van der Waals surface area contributed by atoms with Gasteiger partial charge in [0.05, 0.1) is 34.5 Å². The highest BCUT2D eigenvalue weighted by Gasteiger charge is 2.21. The van der Waals surface area contributed by atoms with Gasteiger partial charge in [0.25, 0.3) is 5.56 Å². The summed E-state index contributed by atoms with van der Waals surface area (Å²) in [6, 6.07) is 26.2. The number of hydrogen-bond acceptors (Lipinski definition) is 8. The number of hydrogen-bond donors (Lipinski definition) is 0. The summed E-state index contributed by atoms with van der Waals surface area (Å²) in [5.74, 6) is 1.08. The maximum absolute atomic E-state index is 13.7. The summed E-state index contributed by atoms with van der Waals surface area (Å²) in [5.41, 5.74) is 2.60. The number of para-hydroxylation sites is 2. The van der Waals surface area contributed by atoms with Crippen molar-refractivity contribution in [3.8, 4) is 23.1 Å². The van der Waals surface area contributed by atoms with Crippen molar-refractivity contribution in [2.75, 3.05) is 7.11 Å². The molecule has 0 aliphatic carbocycles. The molecule has 0 radical (unpaired) electrons. The normalized spacial score (nSPS) is 11.4. The zero-order valence-electron chi connectivity index (χ0n) is 22.7. The van der Waals surface area contributed by atoms with Crippen molar-refractivity contribution >= 4 is 33.8 Å². The lowest BCUT2D eigenvalue weighted by Gasteiger charge is -2.11. The van der Waals surface area contributed by atoms with E-state index in [9.17, 15) is 14.9 Å². The Morgan fingerprint density at radius 2 is 1.79 bits per heavy atom. The molecule has 4 aromatic carbocycles. The fourth-order valence-corrected chi connectivity index (χ4v) is 4.62. The molecular formula is C32H24N4O6. The van der Waals surface area contributed by atoms with Crippen LogP contribution in [-0.2, 0) is 6.61 Å². The van der Waals surface area contributed by atoms with Crippen LogP contribution in [0.25, 0.3) is 33.5 Å². The smallest absolute Gasteiger partial charge is 0.311 e. The van der Waals surface area contributed by atoms with Gasteiger partial charge in [0.1, 0.15) is 17.9 Å². The lowest BCUT2D eigenvalue weighted by atomic mass is 10.1. The van der Waals surface area contributed by atoms with Crippen molar-refractivity contribution in [2.24, 2.45) is 5.10 Å². The Bertz CT molecular complexity index is 2040. The van der Waals surface area contributed by atoms with Gasteiger partial charge in [-0.05, 0) is 48.9 Å². The molecule has 42 heavy (non-hydrogen) atoms. The van der Waals surface area contributed by atoms with Gasteiger partial charge in [0, 0.05) is 11.6 Å². The van der Waals surface area contributed by atoms with Gasteiger partial charge in [0.15, 0.2) is 5.76 Å². The van der Waals surface area contributed by atoms with Gasteiger partial charge in [0.2, 0.25) is 11.6 Å². The SMILES string of the molecule is COc1cccc2oc(-c3nc4ccccc4c(=O)n3N=Cc3cccc([N+](=O)[O-])c3OCc3ccc(C)cc3)cc12. The molecule has 208 valence electrons. The van der Waals surface area contributed by atoms with Crippen LogP contribution in [0.15, 0.2) is 105 Å². The molecule has 0 N–H and O–H groups in total. The number of benzene rings is 4. The topological polar surface area (TPSA) is 122 Å². The average molecular weight is 561 g/mol. The Hall–Kier alpha value is -5.77. The van der Waals surface area contributed by atoms with Gasteiger partial charge < -0.3 is 13.9 Å². The van der Waals surface area contributed by atoms with Crippen LogP contribution >= 0.6 is 0 Å². The minimum Gasteiger partial charge on any atom is -0.496 e. The summed E-state index contributed by atoms with van der Waals surface area (Å²) in [4.78, 5) is 29.7. The molecule has 0 spiro atoms. The van der Waals surface area contributed by atoms with E-state index in [0.29, 0.717) is 38.9 Å². The molecule has 0 fully saturated rings. The van der Waals surface area contributed by atoms with Crippen LogP contribution in [0.5, 0.6) is 11.5 Å². The second-order valence-electron chi connectivity index (χ2n) is 9.52. The molecule has 0 unspecified atom stereocenters. The lowest BCUT2D eigenvalue weighted by molar-refractivity contribution is -0.385. The third-order valence-electron chi connectivity index (χ3n) is 6.75. The Morgan fingerprint density at radius 1 is 1.00 bits per heavy atom. The van der Waals surface area contributed by atoms with Crippen LogP contribution in [0, 0.1) is 17.0 Å². The number of furan rings is 1. The van der Waals surface area contributed by atoms with Crippen molar-refractivity contribution < 1.29 is 18.8 Å². The first-order chi connectivity index (χ1) is 20.4. The Kier molecular flexibility index (Phi) is 6.93. The van der Waals surface area contributed by atoms with Crippen molar-refractivity contribution in [1.82, 2.24) is 9.66 Å². The maximum atomic E-state index is 13.7. The van der Waals surface area contributed by atoms with Gasteiger partial charge in [-0.3, -0.25) is 14.9 Å². The molecule has 0 aliphatic heterocycles. The molecular weight excluding hydrogens is 536 g/mol. The summed E-state index contributed by atoms with van der Waals surface area (Å²) in [6.07, 6.45) is 1.35. The van der Waals surface area contributed by atoms with Gasteiger partial charge in [-0.1, -0.05) is 54.1 Å². The molecule has 0 aliphatic rings. The number of nitro benzene ring substituents is 1. The molecule has 0 bridgehead atoms. The molecule has 10 nitrogen and oxygen atoms in total. The Labute approximate surface area is 239 Å². The van der Waals surface area contributed by atoms with Crippen LogP contribution < -0.4 is 15.0 Å². The first kappa shape index (κ1) is 26.5. The van der Waals surface area contributed by atoms with Crippen LogP contribution in [0.4, 0.5) is 5.69 Å². The van der Waals surface area contributed by atoms with Gasteiger partial charge in [-0.25, -0.2) is 4.98 Å². The summed E-state index contributed by atoms with van der Waals surface area (Å²) in [6.45, 7) is 2.08. The molecule has 10 heteroatoms. The maximum Gasteiger partial charge on any atom is 0.311 e. The highest BCUT2D eigenvalue weighted by atomic mass is 16.6. The minimum atomic E-state index is -0.515. The number of nitrogens with zero attached hydrogens (tertiary/aromatic N) is 4. The molecule has 6 aromatic rings. The average Bonchev–Trinajstić information content (AvgIpc) is 3.45. The Balaban J connectivity index is 1.48. The fraction of sp³-hybridized carbons (Fsp3) is 0.0938. The number of ether oxygens (including phenoxy) is 2. The number of aryl methyl sites for hydroxylation is 1. The van der Waals surface area contributed by atoms with Crippen LogP contribution in [0.3, 0.4) is 0 Å².